The second kappa shape index (κ2) is 11.3. The van der Waals surface area contributed by atoms with E-state index in [2.05, 4.69) is 26.1 Å². The smallest absolute Gasteiger partial charge is 0.262 e. The molecule has 4 aromatic rings. The van der Waals surface area contributed by atoms with Crippen molar-refractivity contribution < 1.29 is 18.8 Å². The molecule has 0 aliphatic carbocycles. The highest BCUT2D eigenvalue weighted by atomic mass is 32.1. The third-order valence-electron chi connectivity index (χ3n) is 7.05. The highest BCUT2D eigenvalue weighted by Gasteiger charge is 2.36. The second-order valence-corrected chi connectivity index (χ2v) is 12.5. The summed E-state index contributed by atoms with van der Waals surface area (Å²) in [7, 11) is 0. The Morgan fingerprint density at radius 2 is 2.00 bits per heavy atom. The van der Waals surface area contributed by atoms with E-state index in [1.165, 1.54) is 22.7 Å². The van der Waals surface area contributed by atoms with Crippen LogP contribution >= 0.6 is 22.7 Å². The maximum Gasteiger partial charge on any atom is 0.262 e. The van der Waals surface area contributed by atoms with Crippen molar-refractivity contribution in [3.63, 3.8) is 0 Å². The van der Waals surface area contributed by atoms with Crippen molar-refractivity contribution in [1.82, 2.24) is 20.1 Å². The van der Waals surface area contributed by atoms with Crippen LogP contribution in [-0.4, -0.2) is 65.2 Å². The molecule has 1 unspecified atom stereocenters. The summed E-state index contributed by atoms with van der Waals surface area (Å²) >= 11 is 2.85. The fourth-order valence-electron chi connectivity index (χ4n) is 4.87. The predicted molar refractivity (Wildman–Crippen MR) is 155 cm³/mol. The van der Waals surface area contributed by atoms with E-state index in [0.717, 1.165) is 33.6 Å². The zero-order valence-electron chi connectivity index (χ0n) is 22.3. The van der Waals surface area contributed by atoms with Gasteiger partial charge in [-0.05, 0) is 35.4 Å². The first-order valence-electron chi connectivity index (χ1n) is 13.0. The molecule has 3 amide bonds. The molecule has 10 heteroatoms. The highest BCUT2D eigenvalue weighted by Crippen LogP contribution is 2.35. The number of hydrogen-bond donors (Lipinski definition) is 1. The number of nitrogens with zero attached hydrogens (tertiary/aromatic N) is 3. The molecule has 39 heavy (non-hydrogen) atoms. The largest absolute Gasteiger partial charge is 0.454 e. The third kappa shape index (κ3) is 5.91. The molecule has 1 atom stereocenters. The second-order valence-electron chi connectivity index (χ2n) is 10.8. The number of piperazine rings is 1. The molecule has 1 fully saturated rings. The van der Waals surface area contributed by atoms with Crippen LogP contribution in [0.2, 0.25) is 0 Å². The van der Waals surface area contributed by atoms with Crippen molar-refractivity contribution in [3.05, 3.63) is 52.0 Å². The van der Waals surface area contributed by atoms with E-state index in [1.807, 2.05) is 52.1 Å². The average molecular weight is 565 g/mol. The summed E-state index contributed by atoms with van der Waals surface area (Å²) in [6, 6.07) is 11.7. The quantitative estimate of drug-likeness (QED) is 0.225. The Morgan fingerprint density at radius 1 is 1.18 bits per heavy atom. The number of thiophene rings is 1. The summed E-state index contributed by atoms with van der Waals surface area (Å²) < 4.78 is 5.94. The Kier molecular flexibility index (Phi) is 7.86. The normalized spacial score (nSPS) is 16.0. The lowest BCUT2D eigenvalue weighted by Crippen LogP contribution is -2.58. The van der Waals surface area contributed by atoms with Crippen LogP contribution < -0.4 is 5.32 Å². The summed E-state index contributed by atoms with van der Waals surface area (Å²) in [6.07, 6.45) is 1.78. The molecule has 3 aromatic heterocycles. The first kappa shape index (κ1) is 27.1. The summed E-state index contributed by atoms with van der Waals surface area (Å²) in [6.45, 7) is 8.28. The summed E-state index contributed by atoms with van der Waals surface area (Å²) in [5, 5.41) is 8.58. The lowest BCUT2D eigenvalue weighted by atomic mass is 9.84. The van der Waals surface area contributed by atoms with E-state index >= 15 is 0 Å². The van der Waals surface area contributed by atoms with Crippen LogP contribution in [0.25, 0.3) is 33.0 Å². The number of hydrogen-bond acceptors (Lipinski definition) is 7. The fourth-order valence-corrected chi connectivity index (χ4v) is 6.59. The monoisotopic (exact) mass is 564 g/mol. The number of amides is 3. The maximum absolute atomic E-state index is 13.0. The van der Waals surface area contributed by atoms with Gasteiger partial charge < -0.3 is 19.5 Å². The lowest BCUT2D eigenvalue weighted by Gasteiger charge is -2.45. The molecule has 1 aromatic carbocycles. The van der Waals surface area contributed by atoms with Crippen LogP contribution in [0.1, 0.15) is 43.3 Å². The van der Waals surface area contributed by atoms with Gasteiger partial charge in [0.2, 0.25) is 12.3 Å². The van der Waals surface area contributed by atoms with Gasteiger partial charge in [-0.3, -0.25) is 14.4 Å². The number of nitrogens with one attached hydrogen (secondary N) is 1. The number of carbonyl (C=O) groups is 3. The van der Waals surface area contributed by atoms with Gasteiger partial charge in [-0.2, -0.15) is 0 Å². The van der Waals surface area contributed by atoms with Crippen LogP contribution in [0.15, 0.2) is 51.6 Å². The van der Waals surface area contributed by atoms with E-state index in [4.69, 9.17) is 9.40 Å². The Morgan fingerprint density at radius 3 is 2.77 bits per heavy atom. The molecule has 1 aliphatic heterocycles. The van der Waals surface area contributed by atoms with Crippen molar-refractivity contribution in [2.45, 2.75) is 39.7 Å². The minimum absolute atomic E-state index is 0.0112. The van der Waals surface area contributed by atoms with Gasteiger partial charge in [0.15, 0.2) is 5.76 Å². The number of thiazole rings is 1. The molecule has 0 bridgehead atoms. The Balaban J connectivity index is 1.15. The number of para-hydroxylation sites is 1. The molecule has 5 rings (SSSR count). The predicted octanol–water partition coefficient (Wildman–Crippen LogP) is 5.51. The van der Waals surface area contributed by atoms with Crippen LogP contribution in [0.5, 0.6) is 0 Å². The molecule has 1 N–H and O–H groups in total. The van der Waals surface area contributed by atoms with Gasteiger partial charge in [-0.25, -0.2) is 4.98 Å². The number of carbonyl (C=O) groups excluding carboxylic acids is 3. The SMILES string of the molecule is CC(C)(C)C1CN(C(=O)CCCNC(=O)c2sccc2-c2nc(-c3cc4ccccc4o3)cs2)CCN1C=O. The highest BCUT2D eigenvalue weighted by molar-refractivity contribution is 7.15. The zero-order valence-corrected chi connectivity index (χ0v) is 23.9. The Bertz CT molecular complexity index is 1450. The fraction of sp³-hybridized carbons (Fsp3) is 0.379. The van der Waals surface area contributed by atoms with Gasteiger partial charge in [0.1, 0.15) is 21.2 Å². The van der Waals surface area contributed by atoms with Gasteiger partial charge in [0.25, 0.3) is 5.91 Å². The van der Waals surface area contributed by atoms with Crippen molar-refractivity contribution >= 4 is 51.9 Å². The molecule has 0 radical (unpaired) electrons. The Hall–Kier alpha value is -3.50. The third-order valence-corrected chi connectivity index (χ3v) is 8.84. The summed E-state index contributed by atoms with van der Waals surface area (Å²) in [5.41, 5.74) is 2.23. The molecule has 1 saturated heterocycles. The molecule has 204 valence electrons. The molecular formula is C29H32N4O4S2. The van der Waals surface area contributed by atoms with Crippen molar-refractivity contribution in [1.29, 1.82) is 0 Å². The van der Waals surface area contributed by atoms with E-state index in [1.54, 1.807) is 4.90 Å². The minimum Gasteiger partial charge on any atom is -0.454 e. The van der Waals surface area contributed by atoms with Gasteiger partial charge >= 0.3 is 0 Å². The van der Waals surface area contributed by atoms with Crippen LogP contribution in [0, 0.1) is 5.41 Å². The maximum atomic E-state index is 13.0. The molecule has 0 saturated carbocycles. The number of rotatable bonds is 8. The molecule has 4 heterocycles. The lowest BCUT2D eigenvalue weighted by molar-refractivity contribution is -0.140. The van der Waals surface area contributed by atoms with Crippen LogP contribution in [-0.2, 0) is 9.59 Å². The van der Waals surface area contributed by atoms with Crippen LogP contribution in [0.3, 0.4) is 0 Å². The van der Waals surface area contributed by atoms with E-state index in [-0.39, 0.29) is 23.3 Å². The minimum atomic E-state index is -0.166. The molecule has 8 nitrogen and oxygen atoms in total. The number of aromatic nitrogens is 1. The average Bonchev–Trinajstić information content (AvgIpc) is 3.68. The van der Waals surface area contributed by atoms with Crippen molar-refractivity contribution in [3.8, 4) is 22.0 Å². The molecule has 1 aliphatic rings. The number of benzene rings is 1. The topological polar surface area (TPSA) is 95.8 Å². The number of fused-ring (bicyclic) bond motifs is 1. The number of furan rings is 1. The van der Waals surface area contributed by atoms with Gasteiger partial charge in [0, 0.05) is 48.9 Å². The summed E-state index contributed by atoms with van der Waals surface area (Å²) in [4.78, 5) is 46.3. The Labute approximate surface area is 235 Å². The van der Waals surface area contributed by atoms with Gasteiger partial charge in [-0.1, -0.05) is 39.0 Å². The molecular weight excluding hydrogens is 532 g/mol. The van der Waals surface area contributed by atoms with Crippen molar-refractivity contribution in [2.75, 3.05) is 26.2 Å². The van der Waals surface area contributed by atoms with E-state index in [9.17, 15) is 14.4 Å². The van der Waals surface area contributed by atoms with E-state index < -0.39 is 0 Å². The standard InChI is InChI=1S/C29H32N4O4S2/c1-29(2,3)24-16-32(12-13-33(24)18-34)25(35)9-6-11-30-27(36)26-20(10-14-38-26)28-31-21(17-39-28)23-15-19-7-4-5-8-22(19)37-23/h4-5,7-8,10,14-15,17-18,24H,6,9,11-13,16H2,1-3H3,(H,30,36). The van der Waals surface area contributed by atoms with Crippen molar-refractivity contribution in [2.24, 2.45) is 5.41 Å². The first-order chi connectivity index (χ1) is 18.7. The van der Waals surface area contributed by atoms with E-state index in [0.29, 0.717) is 49.7 Å². The van der Waals surface area contributed by atoms with Gasteiger partial charge in [-0.15, -0.1) is 22.7 Å². The summed E-state index contributed by atoms with van der Waals surface area (Å²) in [5.74, 6) is 0.591. The first-order valence-corrected chi connectivity index (χ1v) is 14.8. The van der Waals surface area contributed by atoms with Crippen LogP contribution in [0.4, 0.5) is 0 Å². The van der Waals surface area contributed by atoms with Gasteiger partial charge in [0.05, 0.1) is 6.04 Å². The molecule has 0 spiro atoms. The zero-order chi connectivity index (χ0) is 27.6.